The van der Waals surface area contributed by atoms with Gasteiger partial charge in [-0.1, -0.05) is 103 Å². The average molecular weight is 589 g/mol. The Kier molecular flexibility index (Phi) is 4.56. The Balaban J connectivity index is 1.49. The second-order valence-electron chi connectivity index (χ2n) is 12.2. The van der Waals surface area contributed by atoms with E-state index >= 15 is 0 Å². The molecule has 0 saturated carbocycles. The molecule has 208 valence electrons. The van der Waals surface area contributed by atoms with Crippen molar-refractivity contribution in [1.29, 1.82) is 0 Å². The molecule has 3 aromatic heterocycles. The Hall–Kier alpha value is -5.47. The summed E-state index contributed by atoms with van der Waals surface area (Å²) in [5.74, 6) is 0. The Bertz CT molecular complexity index is 2690. The van der Waals surface area contributed by atoms with Crippen LogP contribution in [0.4, 0.5) is 17.1 Å². The number of hydrogen-bond donors (Lipinski definition) is 0. The van der Waals surface area contributed by atoms with E-state index in [4.69, 9.17) is 0 Å². The molecular weight excluding hydrogens is 563 g/mol. The molecule has 5 heteroatoms. The topological polar surface area (TPSA) is 18.0 Å². The zero-order valence-corrected chi connectivity index (χ0v) is 25.5. The van der Waals surface area contributed by atoms with Gasteiger partial charge in [0.2, 0.25) is 0 Å². The summed E-state index contributed by atoms with van der Waals surface area (Å²) in [7, 11) is 0. The van der Waals surface area contributed by atoms with Crippen LogP contribution < -0.4 is 4.90 Å². The summed E-state index contributed by atoms with van der Waals surface area (Å²) < 4.78 is 7.99. The molecule has 3 aliphatic rings. The lowest BCUT2D eigenvalue weighted by molar-refractivity contribution is 1.03. The molecule has 0 aliphatic carbocycles. The fourth-order valence-electron chi connectivity index (χ4n) is 8.28. The van der Waals surface area contributed by atoms with Crippen LogP contribution in [0.2, 0.25) is 0 Å². The third kappa shape index (κ3) is 2.97. The number of aromatic nitrogens is 3. The highest BCUT2D eigenvalue weighted by molar-refractivity contribution is 6.60. The monoisotopic (exact) mass is 588 g/mol. The molecule has 2 bridgehead atoms. The van der Waals surface area contributed by atoms with Crippen molar-refractivity contribution in [3.8, 4) is 22.3 Å². The Morgan fingerprint density at radius 1 is 0.378 bits per heavy atom. The van der Waals surface area contributed by atoms with Crippen LogP contribution in [0.15, 0.2) is 152 Å². The fourth-order valence-corrected chi connectivity index (χ4v) is 11.5. The predicted octanol–water partition coefficient (Wildman–Crippen LogP) is 10.1. The van der Waals surface area contributed by atoms with Gasteiger partial charge in [0.1, 0.15) is 0 Å². The highest BCUT2D eigenvalue weighted by atomic mass is 27.2. The lowest BCUT2D eigenvalue weighted by Crippen LogP contribution is -2.41. The molecule has 0 saturated heterocycles. The van der Waals surface area contributed by atoms with Crippen molar-refractivity contribution >= 4 is 75.5 Å². The Morgan fingerprint density at radius 3 is 1.78 bits per heavy atom. The molecule has 0 spiro atoms. The van der Waals surface area contributed by atoms with Gasteiger partial charge in [-0.25, -0.2) is 0 Å². The summed E-state index contributed by atoms with van der Waals surface area (Å²) in [5, 5.41) is 5.11. The van der Waals surface area contributed by atoms with Gasteiger partial charge in [0, 0.05) is 32.9 Å². The number of anilines is 3. The van der Waals surface area contributed by atoms with E-state index in [1.54, 1.807) is 0 Å². The first kappa shape index (κ1) is 23.9. The van der Waals surface area contributed by atoms with E-state index in [0.717, 1.165) is 0 Å². The number of fused-ring (bicyclic) bond motifs is 2. The van der Waals surface area contributed by atoms with Crippen molar-refractivity contribution in [1.82, 2.24) is 10.7 Å². The summed E-state index contributed by atoms with van der Waals surface area (Å²) in [5.41, 5.74) is 13.7. The first-order valence-electron chi connectivity index (χ1n) is 15.6. The Labute approximate surface area is 264 Å². The summed E-state index contributed by atoms with van der Waals surface area (Å²) in [6, 6.07) is 52.0. The molecule has 0 fully saturated rings. The number of benzene rings is 6. The smallest absolute Gasteiger partial charge is 0.401 e. The molecule has 0 N–H and O–H groups in total. The van der Waals surface area contributed by atoms with Crippen LogP contribution in [-0.4, -0.2) is 25.5 Å². The fraction of sp³-hybridized carbons (Fsp3) is 0. The van der Waals surface area contributed by atoms with E-state index in [0.29, 0.717) is 0 Å². The maximum atomic E-state index is 2.72. The molecule has 6 aromatic carbocycles. The van der Waals surface area contributed by atoms with Crippen molar-refractivity contribution in [2.45, 2.75) is 0 Å². The zero-order valence-electron chi connectivity index (χ0n) is 24.3. The first-order chi connectivity index (χ1) is 22.4. The minimum atomic E-state index is -2.28. The molecule has 0 unspecified atom stereocenters. The van der Waals surface area contributed by atoms with E-state index in [1.165, 1.54) is 82.9 Å². The summed E-state index contributed by atoms with van der Waals surface area (Å²) in [4.78, 5) is 2.53. The van der Waals surface area contributed by atoms with E-state index < -0.39 is 14.8 Å². The van der Waals surface area contributed by atoms with Crippen LogP contribution in [0.25, 0.3) is 65.9 Å². The normalized spacial score (nSPS) is 13.2. The molecule has 4 nitrogen and oxygen atoms in total. The maximum absolute atomic E-state index is 2.72. The van der Waals surface area contributed by atoms with Crippen LogP contribution in [0.5, 0.6) is 0 Å². The molecule has 0 radical (unpaired) electrons. The molecule has 45 heavy (non-hydrogen) atoms. The summed E-state index contributed by atoms with van der Waals surface area (Å²) in [6.45, 7) is 0. The van der Waals surface area contributed by atoms with Gasteiger partial charge >= 0.3 is 14.8 Å². The van der Waals surface area contributed by atoms with Crippen LogP contribution >= 0.6 is 0 Å². The maximum Gasteiger partial charge on any atom is 0.755 e. The van der Waals surface area contributed by atoms with Gasteiger partial charge in [0.15, 0.2) is 0 Å². The molecular formula is C40H25AlN4. The zero-order chi connectivity index (χ0) is 29.2. The second-order valence-corrected chi connectivity index (χ2v) is 14.5. The summed E-state index contributed by atoms with van der Waals surface area (Å²) in [6.07, 6.45) is 4.70. The van der Waals surface area contributed by atoms with Crippen molar-refractivity contribution in [3.05, 3.63) is 152 Å². The summed E-state index contributed by atoms with van der Waals surface area (Å²) >= 11 is -2.28. The number of para-hydroxylation sites is 5. The van der Waals surface area contributed by atoms with Gasteiger partial charge in [-0.05, 0) is 70.7 Å². The van der Waals surface area contributed by atoms with E-state index in [1.807, 2.05) is 0 Å². The van der Waals surface area contributed by atoms with Gasteiger partial charge in [0.25, 0.3) is 0 Å². The predicted molar refractivity (Wildman–Crippen MR) is 188 cm³/mol. The Morgan fingerprint density at radius 2 is 0.933 bits per heavy atom. The SMILES string of the molecule is c1ccc2c(c1)-c1ccccc1N1c3cccc4cc[n](c34)[Al]([n]3ccc4cccc-2c43)[n]2c3ccccc3c3cccc1c32. The van der Waals surface area contributed by atoms with Crippen LogP contribution in [0.3, 0.4) is 0 Å². The standard InChI is InChI=1S/C40H25N4.Al/c1-2-13-29(32-16-7-10-26-22-24-41-38(26)32)28(12-1)31-15-4-6-19-35(31)44(36-20-8-11-27-23-25-42-39(27)36)37-21-9-17-33-30-14-3-5-18-34(30)43-40(33)37;/h1-25H;/q-3;+3. The average Bonchev–Trinajstić information content (AvgIpc) is 3.80. The van der Waals surface area contributed by atoms with Crippen LogP contribution in [0.1, 0.15) is 0 Å². The molecule has 12 rings (SSSR count). The molecule has 6 heterocycles. The lowest BCUT2D eigenvalue weighted by atomic mass is 9.92. The second kappa shape index (κ2) is 8.58. The molecule has 9 aromatic rings. The van der Waals surface area contributed by atoms with Crippen LogP contribution in [0, 0.1) is 0 Å². The van der Waals surface area contributed by atoms with Gasteiger partial charge in [-0.2, -0.15) is 0 Å². The molecule has 0 amide bonds. The van der Waals surface area contributed by atoms with Crippen molar-refractivity contribution in [3.63, 3.8) is 0 Å². The van der Waals surface area contributed by atoms with E-state index in [2.05, 4.69) is 167 Å². The quantitative estimate of drug-likeness (QED) is 0.161. The van der Waals surface area contributed by atoms with E-state index in [-0.39, 0.29) is 0 Å². The largest absolute Gasteiger partial charge is 0.755 e. The van der Waals surface area contributed by atoms with Gasteiger partial charge in [0.05, 0.1) is 28.1 Å². The third-order valence-corrected chi connectivity index (χ3v) is 12.9. The van der Waals surface area contributed by atoms with Crippen molar-refractivity contribution in [2.24, 2.45) is 0 Å². The minimum absolute atomic E-state index is 1.18. The lowest BCUT2D eigenvalue weighted by Gasteiger charge is -2.34. The van der Waals surface area contributed by atoms with Gasteiger partial charge in [-0.3, -0.25) is 0 Å². The van der Waals surface area contributed by atoms with Gasteiger partial charge in [-0.15, -0.1) is 0 Å². The third-order valence-electron chi connectivity index (χ3n) is 10.0. The van der Waals surface area contributed by atoms with E-state index in [9.17, 15) is 0 Å². The molecule has 3 aliphatic heterocycles. The molecule has 0 atom stereocenters. The van der Waals surface area contributed by atoms with Gasteiger partial charge < -0.3 is 15.6 Å². The minimum Gasteiger partial charge on any atom is -0.401 e. The number of rotatable bonds is 0. The number of hydrogen-bond acceptors (Lipinski definition) is 1. The number of nitrogens with zero attached hydrogens (tertiary/aromatic N) is 4. The highest BCUT2D eigenvalue weighted by Crippen LogP contribution is 2.50. The van der Waals surface area contributed by atoms with Crippen molar-refractivity contribution in [2.75, 3.05) is 4.90 Å². The van der Waals surface area contributed by atoms with Crippen molar-refractivity contribution < 1.29 is 0 Å². The highest BCUT2D eigenvalue weighted by Gasteiger charge is 2.41. The van der Waals surface area contributed by atoms with Crippen LogP contribution in [-0.2, 0) is 0 Å². The first-order valence-corrected chi connectivity index (χ1v) is 17.1.